The molecule has 8 nitrogen and oxygen atoms in total. The fourth-order valence-corrected chi connectivity index (χ4v) is 1.64. The maximum atomic E-state index is 4.72. The van der Waals surface area contributed by atoms with E-state index in [4.69, 9.17) is 4.42 Å². The Balaban J connectivity index is -0.0000000687. The third-order valence-electron chi connectivity index (χ3n) is 2.28. The number of aryl methyl sites for hydroxylation is 4. The Morgan fingerprint density at radius 1 is 0.706 bits per heavy atom. The molecule has 0 aliphatic rings. The van der Waals surface area contributed by atoms with E-state index in [9.17, 15) is 0 Å². The number of aromatic amines is 2. The second-order valence-corrected chi connectivity index (χ2v) is 5.45. The van der Waals surface area contributed by atoms with Crippen molar-refractivity contribution in [1.29, 1.82) is 0 Å². The first-order valence-electron chi connectivity index (χ1n) is 11.1. The van der Waals surface area contributed by atoms with Gasteiger partial charge in [-0.15, -0.1) is 11.3 Å². The molecule has 2 N–H and O–H groups in total. The summed E-state index contributed by atoms with van der Waals surface area (Å²) >= 11 is 1.67. The van der Waals surface area contributed by atoms with Crippen LogP contribution in [0.4, 0.5) is 0 Å². The van der Waals surface area contributed by atoms with Gasteiger partial charge in [-0.2, -0.15) is 5.10 Å². The van der Waals surface area contributed by atoms with Crippen molar-refractivity contribution >= 4 is 11.3 Å². The Morgan fingerprint density at radius 3 is 1.41 bits per heavy atom. The maximum Gasteiger partial charge on any atom is 0.190 e. The standard InChI is InChI=1S/C4H6N2.C4H5NO.C4H5NS.C3H5N3.4C2H6.2CH4/c3*1-4-5-2-3-6-4;1-3-4-2-5-6-3;4*1-2;;/h2-3H,1H3,(H,5,6);2*2-3H,1H3;2H,1H3,(H,4,5,6);4*1-2H3;2*1H4. The van der Waals surface area contributed by atoms with Gasteiger partial charge < -0.3 is 9.40 Å². The molecule has 0 aliphatic carbocycles. The zero-order valence-corrected chi connectivity index (χ0v) is 22.9. The second kappa shape index (κ2) is 40.5. The molecule has 0 atom stereocenters. The highest BCUT2D eigenvalue weighted by Gasteiger charge is 1.78. The van der Waals surface area contributed by atoms with Crippen LogP contribution in [0.1, 0.15) is 92.8 Å². The Bertz CT molecular complexity index is 581. The normalized spacial score (nSPS) is 6.94. The number of imidazole rings is 1. The lowest BCUT2D eigenvalue weighted by Gasteiger charge is -1.68. The summed E-state index contributed by atoms with van der Waals surface area (Å²) in [6.07, 6.45) is 9.99. The molecule has 200 valence electrons. The minimum Gasteiger partial charge on any atom is -0.449 e. The molecule has 4 aromatic rings. The van der Waals surface area contributed by atoms with Crippen LogP contribution < -0.4 is 0 Å². The molecule has 0 saturated heterocycles. The van der Waals surface area contributed by atoms with Gasteiger partial charge in [0.1, 0.15) is 24.2 Å². The van der Waals surface area contributed by atoms with Crippen molar-refractivity contribution < 1.29 is 4.42 Å². The lowest BCUT2D eigenvalue weighted by atomic mass is 10.8. The van der Waals surface area contributed by atoms with Crippen molar-refractivity contribution in [3.63, 3.8) is 0 Å². The summed E-state index contributed by atoms with van der Waals surface area (Å²) in [5.74, 6) is 2.54. The van der Waals surface area contributed by atoms with E-state index in [0.717, 1.165) is 22.5 Å². The number of aromatic nitrogens is 7. The molecular weight excluding hydrogens is 446 g/mol. The van der Waals surface area contributed by atoms with Gasteiger partial charge in [0.2, 0.25) is 0 Å². The van der Waals surface area contributed by atoms with Gasteiger partial charge >= 0.3 is 0 Å². The molecular formula is C25H53N7OS. The zero-order valence-electron chi connectivity index (χ0n) is 22.1. The van der Waals surface area contributed by atoms with Crippen LogP contribution >= 0.6 is 11.3 Å². The highest BCUT2D eigenvalue weighted by Crippen LogP contribution is 1.98. The fourth-order valence-electron chi connectivity index (χ4n) is 1.20. The summed E-state index contributed by atoms with van der Waals surface area (Å²) in [7, 11) is 0. The summed E-state index contributed by atoms with van der Waals surface area (Å²) < 4.78 is 4.72. The average Bonchev–Trinajstić information content (AvgIpc) is 3.67. The molecule has 9 heteroatoms. The van der Waals surface area contributed by atoms with Gasteiger partial charge in [0.25, 0.3) is 0 Å². The van der Waals surface area contributed by atoms with E-state index >= 15 is 0 Å². The number of H-pyrrole nitrogens is 2. The SMILES string of the molecule is C.C.CC.CC.CC.CC.Cc1ncc[nH]1.Cc1ncco1.Cc1nccs1.Cc1ncn[nH]1. The van der Waals surface area contributed by atoms with Crippen molar-refractivity contribution in [3.8, 4) is 0 Å². The van der Waals surface area contributed by atoms with E-state index < -0.39 is 0 Å². The molecule has 0 unspecified atom stereocenters. The Kier molecular flexibility index (Phi) is 53.4. The van der Waals surface area contributed by atoms with Crippen molar-refractivity contribution in [2.75, 3.05) is 0 Å². The molecule has 0 fully saturated rings. The highest BCUT2D eigenvalue weighted by atomic mass is 32.1. The summed E-state index contributed by atoms with van der Waals surface area (Å²) in [5, 5.41) is 9.33. The van der Waals surface area contributed by atoms with E-state index in [-0.39, 0.29) is 14.9 Å². The first-order chi connectivity index (χ1) is 15.6. The van der Waals surface area contributed by atoms with Crippen molar-refractivity contribution in [2.45, 2.75) is 97.9 Å². The van der Waals surface area contributed by atoms with Gasteiger partial charge in [0.15, 0.2) is 5.89 Å². The molecule has 0 spiro atoms. The predicted octanol–water partition coefficient (Wildman–Crippen LogP) is 8.64. The van der Waals surface area contributed by atoms with Crippen LogP contribution in [0, 0.1) is 27.7 Å². The van der Waals surface area contributed by atoms with Crippen LogP contribution in [0.15, 0.2) is 47.2 Å². The van der Waals surface area contributed by atoms with Gasteiger partial charge in [0, 0.05) is 30.9 Å². The summed E-state index contributed by atoms with van der Waals surface area (Å²) in [6.45, 7) is 23.6. The maximum absolute atomic E-state index is 4.72. The Hall–Kier alpha value is -2.81. The number of hydrogen-bond donors (Lipinski definition) is 2. The average molecular weight is 500 g/mol. The molecule has 0 bridgehead atoms. The molecule has 0 radical (unpaired) electrons. The lowest BCUT2D eigenvalue weighted by molar-refractivity contribution is 0.521. The number of oxazole rings is 1. The number of nitrogens with zero attached hydrogens (tertiary/aromatic N) is 5. The minimum atomic E-state index is 0. The zero-order chi connectivity index (χ0) is 25.6. The van der Waals surface area contributed by atoms with Crippen molar-refractivity contribution in [1.82, 2.24) is 35.1 Å². The highest BCUT2D eigenvalue weighted by molar-refractivity contribution is 7.09. The van der Waals surface area contributed by atoms with E-state index in [1.165, 1.54) is 6.33 Å². The fraction of sp³-hybridized carbons (Fsp3) is 0.560. The molecule has 0 amide bonds. The van der Waals surface area contributed by atoms with Crippen LogP contribution in [-0.2, 0) is 0 Å². The number of hydrogen-bond acceptors (Lipinski definition) is 7. The molecule has 4 rings (SSSR count). The molecule has 0 aliphatic heterocycles. The van der Waals surface area contributed by atoms with E-state index in [2.05, 4.69) is 35.1 Å². The van der Waals surface area contributed by atoms with E-state index in [1.807, 2.05) is 81.5 Å². The van der Waals surface area contributed by atoms with Gasteiger partial charge in [0.05, 0.1) is 11.2 Å². The monoisotopic (exact) mass is 499 g/mol. The topological polar surface area (TPSA) is 109 Å². The van der Waals surface area contributed by atoms with Gasteiger partial charge in [-0.1, -0.05) is 70.2 Å². The number of thiazole rings is 1. The third kappa shape index (κ3) is 36.6. The lowest BCUT2D eigenvalue weighted by Crippen LogP contribution is -1.68. The van der Waals surface area contributed by atoms with Gasteiger partial charge in [-0.25, -0.2) is 15.0 Å². The van der Waals surface area contributed by atoms with Crippen LogP contribution in [0.25, 0.3) is 0 Å². The van der Waals surface area contributed by atoms with Gasteiger partial charge in [-0.3, -0.25) is 10.1 Å². The van der Waals surface area contributed by atoms with Gasteiger partial charge in [-0.05, 0) is 20.8 Å². The summed E-state index contributed by atoms with van der Waals surface area (Å²) in [4.78, 5) is 18.2. The van der Waals surface area contributed by atoms with Crippen molar-refractivity contribution in [2.24, 2.45) is 0 Å². The molecule has 4 heterocycles. The minimum absolute atomic E-state index is 0. The number of rotatable bonds is 0. The molecule has 4 aromatic heterocycles. The van der Waals surface area contributed by atoms with Crippen molar-refractivity contribution in [3.05, 3.63) is 65.3 Å². The van der Waals surface area contributed by atoms with Crippen LogP contribution in [0.2, 0.25) is 0 Å². The van der Waals surface area contributed by atoms with E-state index in [0.29, 0.717) is 0 Å². The third-order valence-corrected chi connectivity index (χ3v) is 2.99. The smallest absolute Gasteiger partial charge is 0.190 e. The first kappa shape index (κ1) is 44.8. The predicted molar refractivity (Wildman–Crippen MR) is 151 cm³/mol. The Morgan fingerprint density at radius 2 is 1.29 bits per heavy atom. The second-order valence-electron chi connectivity index (χ2n) is 4.35. The van der Waals surface area contributed by atoms with Crippen LogP contribution in [-0.4, -0.2) is 35.1 Å². The van der Waals surface area contributed by atoms with Crippen LogP contribution in [0.3, 0.4) is 0 Å². The van der Waals surface area contributed by atoms with E-state index in [1.54, 1.807) is 49.3 Å². The Labute approximate surface area is 214 Å². The largest absolute Gasteiger partial charge is 0.449 e. The summed E-state index contributed by atoms with van der Waals surface area (Å²) in [6, 6.07) is 0. The number of nitrogens with one attached hydrogen (secondary N) is 2. The molecule has 34 heavy (non-hydrogen) atoms. The van der Waals surface area contributed by atoms with Crippen LogP contribution in [0.5, 0.6) is 0 Å². The molecule has 0 saturated carbocycles. The summed E-state index contributed by atoms with van der Waals surface area (Å²) in [5.41, 5.74) is 0. The first-order valence-corrected chi connectivity index (χ1v) is 12.0. The quantitative estimate of drug-likeness (QED) is 0.250. The molecule has 0 aromatic carbocycles.